The summed E-state index contributed by atoms with van der Waals surface area (Å²) < 4.78 is 8.05. The van der Waals surface area contributed by atoms with Gasteiger partial charge in [0.2, 0.25) is 5.76 Å². The van der Waals surface area contributed by atoms with Gasteiger partial charge in [0.1, 0.15) is 5.76 Å². The highest BCUT2D eigenvalue weighted by Crippen LogP contribution is 2.22. The van der Waals surface area contributed by atoms with Crippen LogP contribution in [-0.2, 0) is 6.54 Å². The summed E-state index contributed by atoms with van der Waals surface area (Å²) in [5.41, 5.74) is 2.51. The van der Waals surface area contributed by atoms with Crippen LogP contribution < -0.4 is 0 Å². The minimum Gasteiger partial charge on any atom is -0.475 e. The van der Waals surface area contributed by atoms with Gasteiger partial charge in [0.15, 0.2) is 0 Å². The average molecular weight is 313 g/mol. The molecule has 96 valence electrons. The Morgan fingerprint density at radius 2 is 2.17 bits per heavy atom. The van der Waals surface area contributed by atoms with Crippen LogP contribution in [0.1, 0.15) is 33.3 Å². The second kappa shape index (κ2) is 4.61. The van der Waals surface area contributed by atoms with Crippen molar-refractivity contribution in [2.24, 2.45) is 0 Å². The van der Waals surface area contributed by atoms with Crippen molar-refractivity contribution >= 4 is 21.9 Å². The van der Waals surface area contributed by atoms with Crippen molar-refractivity contribution in [1.29, 1.82) is 0 Å². The second-order valence-electron chi connectivity index (χ2n) is 4.17. The minimum atomic E-state index is -1.05. The second-order valence-corrected chi connectivity index (χ2v) is 4.97. The van der Waals surface area contributed by atoms with Gasteiger partial charge in [-0.25, -0.2) is 4.79 Å². The molecule has 2 rings (SSSR count). The van der Waals surface area contributed by atoms with Gasteiger partial charge in [-0.3, -0.25) is 4.68 Å². The predicted octanol–water partition coefficient (Wildman–Crippen LogP) is 2.91. The molecule has 1 N–H and O–H groups in total. The molecule has 2 aromatic heterocycles. The first-order chi connectivity index (χ1) is 8.40. The van der Waals surface area contributed by atoms with Crippen LogP contribution in [0.2, 0.25) is 0 Å². The predicted molar refractivity (Wildman–Crippen MR) is 68.9 cm³/mol. The fourth-order valence-corrected chi connectivity index (χ4v) is 2.10. The Bertz CT molecular complexity index is 613. The molecule has 0 aliphatic carbocycles. The lowest BCUT2D eigenvalue weighted by molar-refractivity contribution is 0.0659. The normalized spacial score (nSPS) is 10.9. The van der Waals surface area contributed by atoms with E-state index in [0.29, 0.717) is 17.9 Å². The number of carbonyl (C=O) groups is 1. The monoisotopic (exact) mass is 312 g/mol. The summed E-state index contributed by atoms with van der Waals surface area (Å²) in [5.74, 6) is -0.470. The number of hydrogen-bond donors (Lipinski definition) is 1. The molecule has 2 aromatic rings. The molecule has 0 saturated carbocycles. The summed E-state index contributed by atoms with van der Waals surface area (Å²) >= 11 is 3.45. The summed E-state index contributed by atoms with van der Waals surface area (Å²) in [6.07, 6.45) is 0. The van der Waals surface area contributed by atoms with Gasteiger partial charge in [-0.1, -0.05) is 0 Å². The lowest BCUT2D eigenvalue weighted by atomic mass is 10.2. The average Bonchev–Trinajstić information content (AvgIpc) is 2.76. The molecule has 0 aliphatic rings. The zero-order valence-corrected chi connectivity index (χ0v) is 11.9. The third-order valence-electron chi connectivity index (χ3n) is 2.76. The van der Waals surface area contributed by atoms with Crippen molar-refractivity contribution in [3.05, 3.63) is 39.0 Å². The van der Waals surface area contributed by atoms with E-state index in [1.807, 2.05) is 13.8 Å². The van der Waals surface area contributed by atoms with E-state index < -0.39 is 5.97 Å². The van der Waals surface area contributed by atoms with E-state index in [9.17, 15) is 4.79 Å². The van der Waals surface area contributed by atoms with Gasteiger partial charge >= 0.3 is 5.97 Å². The number of carboxylic acids is 1. The molecule has 0 aromatic carbocycles. The van der Waals surface area contributed by atoms with E-state index in [2.05, 4.69) is 21.0 Å². The van der Waals surface area contributed by atoms with Crippen molar-refractivity contribution in [2.75, 3.05) is 0 Å². The van der Waals surface area contributed by atoms with Gasteiger partial charge in [-0.2, -0.15) is 5.10 Å². The number of halogens is 1. The highest BCUT2D eigenvalue weighted by Gasteiger charge is 2.16. The Labute approximate surface area is 113 Å². The number of furan rings is 1. The molecule has 0 atom stereocenters. The maximum Gasteiger partial charge on any atom is 0.372 e. The fourth-order valence-electron chi connectivity index (χ4n) is 1.81. The molecule has 0 spiro atoms. The van der Waals surface area contributed by atoms with Crippen LogP contribution in [0.3, 0.4) is 0 Å². The number of aromatic nitrogens is 2. The van der Waals surface area contributed by atoms with Gasteiger partial charge in [-0.15, -0.1) is 0 Å². The van der Waals surface area contributed by atoms with E-state index in [0.717, 1.165) is 15.9 Å². The van der Waals surface area contributed by atoms with Crippen LogP contribution in [0.15, 0.2) is 15.0 Å². The first-order valence-corrected chi connectivity index (χ1v) is 6.21. The number of rotatable bonds is 3. The lowest BCUT2D eigenvalue weighted by Gasteiger charge is -2.01. The van der Waals surface area contributed by atoms with E-state index in [4.69, 9.17) is 9.52 Å². The molecule has 0 saturated heterocycles. The van der Waals surface area contributed by atoms with Gasteiger partial charge in [0, 0.05) is 5.56 Å². The van der Waals surface area contributed by atoms with Crippen LogP contribution in [-0.4, -0.2) is 20.9 Å². The van der Waals surface area contributed by atoms with E-state index in [-0.39, 0.29) is 5.76 Å². The smallest absolute Gasteiger partial charge is 0.372 e. The number of aromatic carboxylic acids is 1. The third-order valence-corrected chi connectivity index (χ3v) is 3.91. The van der Waals surface area contributed by atoms with Gasteiger partial charge < -0.3 is 9.52 Å². The highest BCUT2D eigenvalue weighted by molar-refractivity contribution is 9.10. The van der Waals surface area contributed by atoms with Crippen LogP contribution in [0.5, 0.6) is 0 Å². The van der Waals surface area contributed by atoms with Crippen LogP contribution in [0.25, 0.3) is 0 Å². The molecule has 0 aliphatic heterocycles. The maximum atomic E-state index is 10.9. The van der Waals surface area contributed by atoms with Crippen LogP contribution in [0, 0.1) is 20.8 Å². The first-order valence-electron chi connectivity index (χ1n) is 5.42. The molecule has 2 heterocycles. The quantitative estimate of drug-likeness (QED) is 0.946. The fraction of sp³-hybridized carbons (Fsp3) is 0.333. The maximum absolute atomic E-state index is 10.9. The molecule has 0 amide bonds. The number of carboxylic acid groups (broad SMARTS) is 1. The molecular formula is C12H13BrN2O3. The van der Waals surface area contributed by atoms with Crippen molar-refractivity contribution < 1.29 is 14.3 Å². The summed E-state index contributed by atoms with van der Waals surface area (Å²) in [4.78, 5) is 10.9. The van der Waals surface area contributed by atoms with Crippen molar-refractivity contribution in [2.45, 2.75) is 27.3 Å². The van der Waals surface area contributed by atoms with E-state index >= 15 is 0 Å². The summed E-state index contributed by atoms with van der Waals surface area (Å²) in [5, 5.41) is 13.3. The Morgan fingerprint density at radius 1 is 1.50 bits per heavy atom. The highest BCUT2D eigenvalue weighted by atomic mass is 79.9. The van der Waals surface area contributed by atoms with Gasteiger partial charge in [-0.05, 0) is 42.8 Å². The third kappa shape index (κ3) is 2.20. The number of nitrogens with zero attached hydrogens (tertiary/aromatic N) is 2. The molecule has 0 unspecified atom stereocenters. The SMILES string of the molecule is Cc1cc(Cn2nc(C)c(Br)c2C)oc1C(=O)O. The molecule has 0 radical (unpaired) electrons. The molecule has 18 heavy (non-hydrogen) atoms. The van der Waals surface area contributed by atoms with Crippen molar-refractivity contribution in [3.8, 4) is 0 Å². The van der Waals surface area contributed by atoms with E-state index in [1.165, 1.54) is 0 Å². The van der Waals surface area contributed by atoms with Gasteiger partial charge in [0.25, 0.3) is 0 Å². The zero-order valence-electron chi connectivity index (χ0n) is 10.3. The van der Waals surface area contributed by atoms with Crippen LogP contribution >= 0.6 is 15.9 Å². The van der Waals surface area contributed by atoms with Gasteiger partial charge in [0.05, 0.1) is 22.4 Å². The summed E-state index contributed by atoms with van der Waals surface area (Å²) in [6.45, 7) is 5.99. The first kappa shape index (κ1) is 12.9. The Balaban J connectivity index is 2.31. The zero-order chi connectivity index (χ0) is 13.4. The summed E-state index contributed by atoms with van der Waals surface area (Å²) in [6, 6.07) is 1.73. The summed E-state index contributed by atoms with van der Waals surface area (Å²) in [7, 11) is 0. The molecule has 6 heteroatoms. The van der Waals surface area contributed by atoms with Crippen molar-refractivity contribution in [1.82, 2.24) is 9.78 Å². The minimum absolute atomic E-state index is 0.00871. The Morgan fingerprint density at radius 3 is 2.61 bits per heavy atom. The van der Waals surface area contributed by atoms with Crippen LogP contribution in [0.4, 0.5) is 0 Å². The topological polar surface area (TPSA) is 68.3 Å². The Kier molecular flexibility index (Phi) is 3.30. The molecule has 5 nitrogen and oxygen atoms in total. The molecule has 0 fully saturated rings. The number of hydrogen-bond acceptors (Lipinski definition) is 3. The molecular weight excluding hydrogens is 300 g/mol. The largest absolute Gasteiger partial charge is 0.475 e. The van der Waals surface area contributed by atoms with E-state index in [1.54, 1.807) is 17.7 Å². The Hall–Kier alpha value is -1.56. The number of aryl methyl sites for hydroxylation is 2. The molecule has 0 bridgehead atoms. The lowest BCUT2D eigenvalue weighted by Crippen LogP contribution is -2.03. The standard InChI is InChI=1S/C12H13BrN2O3/c1-6-4-9(18-11(6)12(16)17)5-15-8(3)10(13)7(2)14-15/h4H,5H2,1-3H3,(H,16,17). The van der Waals surface area contributed by atoms with Crippen molar-refractivity contribution in [3.63, 3.8) is 0 Å².